The van der Waals surface area contributed by atoms with E-state index in [2.05, 4.69) is 15.3 Å². The molecule has 112 valence electrons. The lowest BCUT2D eigenvalue weighted by atomic mass is 10.1. The van der Waals surface area contributed by atoms with Gasteiger partial charge in [0.05, 0.1) is 0 Å². The number of ether oxygens (including phenoxy) is 1. The lowest BCUT2D eigenvalue weighted by molar-refractivity contribution is 0.0428. The number of hydrogen-bond acceptors (Lipinski definition) is 7. The van der Waals surface area contributed by atoms with Gasteiger partial charge in [-0.05, 0) is 13.8 Å². The van der Waals surface area contributed by atoms with Crippen molar-refractivity contribution in [1.29, 1.82) is 0 Å². The molecular weight excluding hydrogens is 286 g/mol. The second-order valence-corrected chi connectivity index (χ2v) is 4.64. The van der Waals surface area contributed by atoms with Crippen LogP contribution in [-0.4, -0.2) is 21.3 Å². The molecule has 0 aliphatic carbocycles. The van der Waals surface area contributed by atoms with Crippen LogP contribution in [0.2, 0.25) is 0 Å². The molecule has 7 heteroatoms. The van der Waals surface area contributed by atoms with Crippen LogP contribution in [0, 0.1) is 13.8 Å². The van der Waals surface area contributed by atoms with Crippen LogP contribution in [0.5, 0.6) is 0 Å². The van der Waals surface area contributed by atoms with Gasteiger partial charge in [0.2, 0.25) is 0 Å². The molecule has 0 bridgehead atoms. The van der Waals surface area contributed by atoms with Gasteiger partial charge in [0.1, 0.15) is 17.0 Å². The first kappa shape index (κ1) is 14.0. The van der Waals surface area contributed by atoms with E-state index in [9.17, 15) is 4.79 Å². The number of aromatic nitrogens is 3. The van der Waals surface area contributed by atoms with Crippen LogP contribution in [0.4, 0.5) is 0 Å². The Labute approximate surface area is 125 Å². The molecule has 3 aromatic rings. The predicted octanol–water partition coefficient (Wildman–Crippen LogP) is 2.70. The van der Waals surface area contributed by atoms with E-state index in [1.54, 1.807) is 13.8 Å². The van der Waals surface area contributed by atoms with Gasteiger partial charge in [0.15, 0.2) is 12.4 Å². The number of carbonyl (C=O) groups is 1. The number of rotatable bonds is 4. The zero-order chi connectivity index (χ0) is 15.5. The summed E-state index contributed by atoms with van der Waals surface area (Å²) in [5, 5.41) is 7.57. The predicted molar refractivity (Wildman–Crippen MR) is 74.8 cm³/mol. The van der Waals surface area contributed by atoms with Crippen molar-refractivity contribution in [2.45, 2.75) is 20.5 Å². The molecule has 0 unspecified atom stereocenters. The first-order chi connectivity index (χ1) is 10.6. The van der Waals surface area contributed by atoms with E-state index in [0.29, 0.717) is 22.8 Å². The highest BCUT2D eigenvalue weighted by atomic mass is 16.6. The minimum Gasteiger partial charge on any atom is -0.452 e. The molecule has 0 aliphatic rings. The van der Waals surface area contributed by atoms with E-state index in [0.717, 1.165) is 5.56 Å². The second kappa shape index (κ2) is 5.80. The number of carbonyl (C=O) groups excluding carboxylic acids is 1. The average molecular weight is 299 g/mol. The van der Waals surface area contributed by atoms with E-state index in [-0.39, 0.29) is 12.5 Å². The Morgan fingerprint density at radius 1 is 1.14 bits per heavy atom. The normalized spacial score (nSPS) is 10.6. The standard InChI is InChI=1S/C15H13N3O4/c1-9-13(14(18-21-9)11-6-4-3-5-7-11)15(19)20-8-12-16-10(2)17-22-12/h3-7H,8H2,1-2H3. The largest absolute Gasteiger partial charge is 0.452 e. The lowest BCUT2D eigenvalue weighted by Crippen LogP contribution is -2.07. The molecule has 0 saturated heterocycles. The fraction of sp³-hybridized carbons (Fsp3) is 0.200. The second-order valence-electron chi connectivity index (χ2n) is 4.64. The first-order valence-electron chi connectivity index (χ1n) is 6.63. The third-order valence-corrected chi connectivity index (χ3v) is 3.01. The van der Waals surface area contributed by atoms with Gasteiger partial charge in [-0.1, -0.05) is 40.6 Å². The summed E-state index contributed by atoms with van der Waals surface area (Å²) in [4.78, 5) is 16.3. The minimum atomic E-state index is -0.548. The minimum absolute atomic E-state index is 0.0987. The molecule has 0 spiro atoms. The van der Waals surface area contributed by atoms with Crippen LogP contribution in [-0.2, 0) is 11.3 Å². The third kappa shape index (κ3) is 2.73. The number of hydrogen-bond donors (Lipinski definition) is 0. The quantitative estimate of drug-likeness (QED) is 0.684. The highest BCUT2D eigenvalue weighted by molar-refractivity contribution is 5.97. The van der Waals surface area contributed by atoms with Gasteiger partial charge in [0.25, 0.3) is 5.89 Å². The van der Waals surface area contributed by atoms with Crippen molar-refractivity contribution in [1.82, 2.24) is 15.3 Å². The molecule has 22 heavy (non-hydrogen) atoms. The maximum absolute atomic E-state index is 12.3. The van der Waals surface area contributed by atoms with Gasteiger partial charge in [-0.15, -0.1) is 0 Å². The number of nitrogens with zero attached hydrogens (tertiary/aromatic N) is 3. The lowest BCUT2D eigenvalue weighted by Gasteiger charge is -2.03. The number of aryl methyl sites for hydroxylation is 2. The summed E-state index contributed by atoms with van der Waals surface area (Å²) in [6, 6.07) is 9.28. The zero-order valence-corrected chi connectivity index (χ0v) is 12.1. The molecule has 2 heterocycles. The van der Waals surface area contributed by atoms with E-state index in [1.807, 2.05) is 30.3 Å². The van der Waals surface area contributed by atoms with Crippen molar-refractivity contribution in [3.05, 3.63) is 53.4 Å². The van der Waals surface area contributed by atoms with Gasteiger partial charge in [-0.3, -0.25) is 0 Å². The summed E-state index contributed by atoms with van der Waals surface area (Å²) in [7, 11) is 0. The monoisotopic (exact) mass is 299 g/mol. The van der Waals surface area contributed by atoms with Crippen molar-refractivity contribution in [2.24, 2.45) is 0 Å². The fourth-order valence-corrected chi connectivity index (χ4v) is 2.00. The van der Waals surface area contributed by atoms with Crippen molar-refractivity contribution in [2.75, 3.05) is 0 Å². The molecule has 0 amide bonds. The molecule has 0 aliphatic heterocycles. The molecule has 0 radical (unpaired) electrons. The van der Waals surface area contributed by atoms with Crippen molar-refractivity contribution >= 4 is 5.97 Å². The molecule has 2 aromatic heterocycles. The smallest absolute Gasteiger partial charge is 0.344 e. The average Bonchev–Trinajstić information content (AvgIpc) is 3.12. The highest BCUT2D eigenvalue weighted by Crippen LogP contribution is 2.25. The van der Waals surface area contributed by atoms with Crippen LogP contribution >= 0.6 is 0 Å². The molecule has 0 fully saturated rings. The summed E-state index contributed by atoms with van der Waals surface area (Å²) in [6.07, 6.45) is 0. The maximum atomic E-state index is 12.3. The molecule has 0 atom stereocenters. The van der Waals surface area contributed by atoms with Gasteiger partial charge in [-0.2, -0.15) is 4.98 Å². The highest BCUT2D eigenvalue weighted by Gasteiger charge is 2.23. The Bertz CT molecular complexity index is 792. The molecule has 3 rings (SSSR count). The van der Waals surface area contributed by atoms with E-state index in [4.69, 9.17) is 13.8 Å². The van der Waals surface area contributed by atoms with E-state index < -0.39 is 5.97 Å². The zero-order valence-electron chi connectivity index (χ0n) is 12.1. The van der Waals surface area contributed by atoms with Crippen molar-refractivity contribution in [3.63, 3.8) is 0 Å². The van der Waals surface area contributed by atoms with Gasteiger partial charge < -0.3 is 13.8 Å². The summed E-state index contributed by atoms with van der Waals surface area (Å²) in [5.41, 5.74) is 1.52. The first-order valence-corrected chi connectivity index (χ1v) is 6.63. The summed E-state index contributed by atoms with van der Waals surface area (Å²) >= 11 is 0. The Morgan fingerprint density at radius 2 is 1.91 bits per heavy atom. The third-order valence-electron chi connectivity index (χ3n) is 3.01. The van der Waals surface area contributed by atoms with E-state index >= 15 is 0 Å². The Hall–Kier alpha value is -2.96. The van der Waals surface area contributed by atoms with Crippen LogP contribution < -0.4 is 0 Å². The molecule has 0 N–H and O–H groups in total. The number of esters is 1. The van der Waals surface area contributed by atoms with Crippen LogP contribution in [0.15, 0.2) is 39.4 Å². The van der Waals surface area contributed by atoms with Gasteiger partial charge >= 0.3 is 5.97 Å². The topological polar surface area (TPSA) is 91.2 Å². The van der Waals surface area contributed by atoms with Crippen LogP contribution in [0.25, 0.3) is 11.3 Å². The Balaban J connectivity index is 1.82. The molecule has 7 nitrogen and oxygen atoms in total. The van der Waals surface area contributed by atoms with Crippen LogP contribution in [0.1, 0.15) is 27.8 Å². The summed E-state index contributed by atoms with van der Waals surface area (Å²) in [6.45, 7) is 3.25. The maximum Gasteiger partial charge on any atom is 0.344 e. The Kier molecular flexibility index (Phi) is 3.69. The molecule has 0 saturated carbocycles. The van der Waals surface area contributed by atoms with Gasteiger partial charge in [0, 0.05) is 5.56 Å². The van der Waals surface area contributed by atoms with Crippen LogP contribution in [0.3, 0.4) is 0 Å². The number of benzene rings is 1. The van der Waals surface area contributed by atoms with E-state index in [1.165, 1.54) is 0 Å². The SMILES string of the molecule is Cc1noc(COC(=O)c2c(-c3ccccc3)noc2C)n1. The molecule has 1 aromatic carbocycles. The van der Waals surface area contributed by atoms with Crippen molar-refractivity contribution in [3.8, 4) is 11.3 Å². The fourth-order valence-electron chi connectivity index (χ4n) is 2.00. The summed E-state index contributed by atoms with van der Waals surface area (Å²) < 4.78 is 15.2. The Morgan fingerprint density at radius 3 is 2.59 bits per heavy atom. The van der Waals surface area contributed by atoms with Crippen molar-refractivity contribution < 1.29 is 18.6 Å². The van der Waals surface area contributed by atoms with Gasteiger partial charge in [-0.25, -0.2) is 4.79 Å². The molecular formula is C15H13N3O4. The summed E-state index contributed by atoms with van der Waals surface area (Å²) in [5.74, 6) is 0.567.